The molecule has 0 aliphatic heterocycles. The fourth-order valence-corrected chi connectivity index (χ4v) is 8.55. The van der Waals surface area contributed by atoms with Gasteiger partial charge in [-0.3, -0.25) is 57.5 Å². The van der Waals surface area contributed by atoms with Gasteiger partial charge in [0.25, 0.3) is 0 Å². The second kappa shape index (κ2) is 19.9. The Morgan fingerprint density at radius 2 is 0.431 bits per heavy atom. The zero-order valence-electron chi connectivity index (χ0n) is 30.7. The van der Waals surface area contributed by atoms with Gasteiger partial charge in [0.05, 0.1) is 71.0 Å². The monoisotopic (exact) mass is 828 g/mol. The van der Waals surface area contributed by atoms with Gasteiger partial charge in [-0.1, -0.05) is 19.3 Å². The van der Waals surface area contributed by atoms with Gasteiger partial charge in [0.1, 0.15) is 0 Å². The third-order valence-electron chi connectivity index (χ3n) is 11.7. The highest BCUT2D eigenvalue weighted by Gasteiger charge is 2.50. The van der Waals surface area contributed by atoms with E-state index in [9.17, 15) is 98.4 Å². The number of hydrogen-bond acceptors (Lipinski definition) is 14. The molecular weight excluding hydrogens is 784 g/mol. The Kier molecular flexibility index (Phi) is 16.0. The Bertz CT molecular complexity index is 1700. The number of carbonyl (C=O) groups excluding carboxylic acids is 4. The standard InChI is InChI=1S/C36H44O22/c37-25(38)13-4-1-7-16(22(31(49)50)10-19(13)28(43)44)33(53)57-35(55)18-9-3-6-15(27(41)42)21(30(47)48)12-24(18)36(56)58-34(54)17-8-2-5-14(26(39)40)20(29(45)46)11-23(17)32(51)52/h13-24H,1-12H2,(H,37,38)(H,39,40)(H,41,42)(H,43,44)(H,45,46)(H,47,48)(H,49,50)(H,51,52). The van der Waals surface area contributed by atoms with Gasteiger partial charge in [-0.05, 0) is 57.8 Å². The van der Waals surface area contributed by atoms with E-state index in [0.29, 0.717) is 0 Å². The van der Waals surface area contributed by atoms with Crippen molar-refractivity contribution in [1.29, 1.82) is 0 Å². The van der Waals surface area contributed by atoms with Crippen molar-refractivity contribution in [2.24, 2.45) is 71.0 Å². The highest BCUT2D eigenvalue weighted by molar-refractivity contribution is 5.96. The minimum Gasteiger partial charge on any atom is -0.481 e. The minimum absolute atomic E-state index is 0.196. The molecule has 12 unspecified atom stereocenters. The molecule has 320 valence electrons. The zero-order valence-corrected chi connectivity index (χ0v) is 30.7. The van der Waals surface area contributed by atoms with Gasteiger partial charge < -0.3 is 50.3 Å². The number of ether oxygens (including phenoxy) is 2. The van der Waals surface area contributed by atoms with Gasteiger partial charge in [0.2, 0.25) is 0 Å². The Labute approximate surface area is 327 Å². The summed E-state index contributed by atoms with van der Waals surface area (Å²) in [4.78, 5) is 151. The summed E-state index contributed by atoms with van der Waals surface area (Å²) in [6.07, 6.45) is -5.66. The molecule has 12 atom stereocenters. The fourth-order valence-electron chi connectivity index (χ4n) is 8.55. The fraction of sp³-hybridized carbons (Fsp3) is 0.667. The summed E-state index contributed by atoms with van der Waals surface area (Å²) < 4.78 is 10.1. The van der Waals surface area contributed by atoms with Crippen molar-refractivity contribution in [2.75, 3.05) is 0 Å². The van der Waals surface area contributed by atoms with Crippen molar-refractivity contribution in [3.05, 3.63) is 0 Å². The minimum atomic E-state index is -2.06. The predicted octanol–water partition coefficient (Wildman–Crippen LogP) is 0.919. The first-order valence-electron chi connectivity index (χ1n) is 18.4. The largest absolute Gasteiger partial charge is 0.481 e. The second-order valence-electron chi connectivity index (χ2n) is 15.0. The van der Waals surface area contributed by atoms with Gasteiger partial charge in [0.15, 0.2) is 0 Å². The first kappa shape index (κ1) is 46.4. The highest BCUT2D eigenvalue weighted by Crippen LogP contribution is 2.40. The number of carboxylic acids is 8. The summed E-state index contributed by atoms with van der Waals surface area (Å²) in [7, 11) is 0. The molecule has 58 heavy (non-hydrogen) atoms. The molecular formula is C36H44O22. The SMILES string of the molecule is O=C(O)C1CCCC(C(=O)OC(=O)C2CCCC(C(=O)O)C(C(=O)O)CC2C(=O)OC(=O)C2CCCC(C(=O)O)C(C(=O)O)CC2C(=O)O)C(C(=O)O)CC1C(=O)O. The van der Waals surface area contributed by atoms with E-state index in [1.54, 1.807) is 0 Å². The third-order valence-corrected chi connectivity index (χ3v) is 11.7. The molecule has 0 heterocycles. The van der Waals surface area contributed by atoms with Crippen LogP contribution in [0.15, 0.2) is 0 Å². The molecule has 22 heteroatoms. The van der Waals surface area contributed by atoms with Gasteiger partial charge in [-0.15, -0.1) is 0 Å². The number of carbonyl (C=O) groups is 12. The quantitative estimate of drug-likeness (QED) is 0.100. The molecule has 3 aliphatic rings. The van der Waals surface area contributed by atoms with E-state index in [1.165, 1.54) is 0 Å². The summed E-state index contributed by atoms with van der Waals surface area (Å²) in [6.45, 7) is 0. The summed E-state index contributed by atoms with van der Waals surface area (Å²) in [6, 6.07) is 0. The van der Waals surface area contributed by atoms with Crippen LogP contribution >= 0.6 is 0 Å². The molecule has 3 aliphatic carbocycles. The molecule has 0 amide bonds. The highest BCUT2D eigenvalue weighted by atomic mass is 16.6. The molecule has 0 aromatic carbocycles. The van der Waals surface area contributed by atoms with Gasteiger partial charge in [-0.2, -0.15) is 0 Å². The summed E-state index contributed by atoms with van der Waals surface area (Å²) in [5.74, 6) is -40.7. The van der Waals surface area contributed by atoms with Crippen LogP contribution in [0.5, 0.6) is 0 Å². The normalized spacial score (nSPS) is 32.0. The molecule has 0 spiro atoms. The molecule has 0 saturated heterocycles. The number of hydrogen-bond donors (Lipinski definition) is 8. The first-order chi connectivity index (χ1) is 27.1. The molecule has 0 bridgehead atoms. The van der Waals surface area contributed by atoms with Crippen LogP contribution in [0.25, 0.3) is 0 Å². The first-order valence-corrected chi connectivity index (χ1v) is 18.4. The average molecular weight is 829 g/mol. The predicted molar refractivity (Wildman–Crippen MR) is 181 cm³/mol. The van der Waals surface area contributed by atoms with Crippen LogP contribution in [-0.2, 0) is 67.0 Å². The number of aliphatic carboxylic acids is 8. The van der Waals surface area contributed by atoms with E-state index >= 15 is 0 Å². The maximum atomic E-state index is 13.8. The van der Waals surface area contributed by atoms with Crippen molar-refractivity contribution in [2.45, 2.75) is 77.0 Å². The van der Waals surface area contributed by atoms with Crippen molar-refractivity contribution in [3.8, 4) is 0 Å². The average Bonchev–Trinajstić information content (AvgIpc) is 3.06. The number of carboxylic acid groups (broad SMARTS) is 8. The molecule has 0 aromatic heterocycles. The van der Waals surface area contributed by atoms with Crippen LogP contribution in [0.1, 0.15) is 77.0 Å². The molecule has 3 fully saturated rings. The van der Waals surface area contributed by atoms with Crippen LogP contribution in [0.2, 0.25) is 0 Å². The Balaban J connectivity index is 1.98. The van der Waals surface area contributed by atoms with Crippen molar-refractivity contribution in [1.82, 2.24) is 0 Å². The van der Waals surface area contributed by atoms with Gasteiger partial charge in [0, 0.05) is 0 Å². The lowest BCUT2D eigenvalue weighted by Crippen LogP contribution is -2.44. The lowest BCUT2D eigenvalue weighted by atomic mass is 9.72. The molecule has 3 saturated carbocycles. The van der Waals surface area contributed by atoms with E-state index in [-0.39, 0.29) is 44.9 Å². The Hall–Kier alpha value is -5.96. The number of esters is 4. The number of rotatable bonds is 12. The van der Waals surface area contributed by atoms with Crippen molar-refractivity contribution in [3.63, 3.8) is 0 Å². The molecule has 0 aromatic rings. The maximum absolute atomic E-state index is 13.8. The van der Waals surface area contributed by atoms with E-state index in [1.807, 2.05) is 0 Å². The van der Waals surface area contributed by atoms with E-state index in [4.69, 9.17) is 9.47 Å². The Morgan fingerprint density at radius 1 is 0.259 bits per heavy atom. The van der Waals surface area contributed by atoms with Gasteiger partial charge in [-0.25, -0.2) is 0 Å². The van der Waals surface area contributed by atoms with Crippen molar-refractivity contribution >= 4 is 71.6 Å². The molecule has 22 nitrogen and oxygen atoms in total. The Morgan fingerprint density at radius 3 is 0.672 bits per heavy atom. The summed E-state index contributed by atoms with van der Waals surface area (Å²) in [5, 5.41) is 78.2. The zero-order chi connectivity index (χ0) is 43.8. The van der Waals surface area contributed by atoms with Crippen LogP contribution in [0, 0.1) is 71.0 Å². The second-order valence-corrected chi connectivity index (χ2v) is 15.0. The molecule has 0 radical (unpaired) electrons. The van der Waals surface area contributed by atoms with Crippen LogP contribution in [0.4, 0.5) is 0 Å². The van der Waals surface area contributed by atoms with E-state index in [0.717, 1.165) is 0 Å². The maximum Gasteiger partial charge on any atom is 0.317 e. The van der Waals surface area contributed by atoms with E-state index in [2.05, 4.69) is 0 Å². The van der Waals surface area contributed by atoms with Crippen LogP contribution < -0.4 is 0 Å². The lowest BCUT2D eigenvalue weighted by molar-refractivity contribution is -0.180. The molecule has 8 N–H and O–H groups in total. The molecule has 3 rings (SSSR count). The summed E-state index contributed by atoms with van der Waals surface area (Å²) >= 11 is 0. The lowest BCUT2D eigenvalue weighted by Gasteiger charge is -2.33. The van der Waals surface area contributed by atoms with Crippen LogP contribution in [0.3, 0.4) is 0 Å². The van der Waals surface area contributed by atoms with E-state index < -0.39 is 175 Å². The smallest absolute Gasteiger partial charge is 0.317 e. The summed E-state index contributed by atoms with van der Waals surface area (Å²) in [5.41, 5.74) is 0. The van der Waals surface area contributed by atoms with Crippen LogP contribution in [-0.4, -0.2) is 112 Å². The third kappa shape index (κ3) is 11.1. The topological polar surface area (TPSA) is 385 Å². The van der Waals surface area contributed by atoms with Gasteiger partial charge >= 0.3 is 71.6 Å². The van der Waals surface area contributed by atoms with Crippen molar-refractivity contribution < 1.29 is 108 Å².